The second-order valence-corrected chi connectivity index (χ2v) is 4.62. The van der Waals surface area contributed by atoms with Gasteiger partial charge in [-0.3, -0.25) is 4.79 Å². The van der Waals surface area contributed by atoms with Gasteiger partial charge in [-0.2, -0.15) is 0 Å². The second kappa shape index (κ2) is 4.66. The topological polar surface area (TPSA) is 78.9 Å². The Bertz CT molecular complexity index is 766. The Morgan fingerprint density at radius 3 is 2.79 bits per heavy atom. The molecule has 0 bridgehead atoms. The number of rotatable bonds is 2. The fraction of sp³-hybridized carbons (Fsp3) is 0. The number of hydrogen-bond donors (Lipinski definition) is 2. The van der Waals surface area contributed by atoms with Gasteiger partial charge in [-0.1, -0.05) is 18.2 Å². The fourth-order valence-corrected chi connectivity index (χ4v) is 2.28. The number of aromatic amines is 1. The molecule has 0 fully saturated rings. The van der Waals surface area contributed by atoms with Crippen LogP contribution in [-0.2, 0) is 0 Å². The number of aromatic nitrogens is 3. The molecule has 19 heavy (non-hydrogen) atoms. The van der Waals surface area contributed by atoms with E-state index in [4.69, 9.17) is 0 Å². The Morgan fingerprint density at radius 2 is 2.05 bits per heavy atom. The van der Waals surface area contributed by atoms with E-state index in [1.165, 1.54) is 11.3 Å². The molecule has 0 amide bonds. The van der Waals surface area contributed by atoms with Crippen molar-refractivity contribution in [3.63, 3.8) is 0 Å². The third-order valence-corrected chi connectivity index (χ3v) is 3.23. The molecule has 0 aliphatic heterocycles. The molecular weight excluding hydrogens is 262 g/mol. The van der Waals surface area contributed by atoms with E-state index < -0.39 is 5.56 Å². The van der Waals surface area contributed by atoms with Gasteiger partial charge in [-0.05, 0) is 6.07 Å². The summed E-state index contributed by atoms with van der Waals surface area (Å²) in [5.74, 6) is 0.0271. The number of thiazole rings is 1. The summed E-state index contributed by atoms with van der Waals surface area (Å²) in [5.41, 5.74) is 3.82. The number of benzene rings is 1. The van der Waals surface area contributed by atoms with Crippen molar-refractivity contribution in [1.82, 2.24) is 15.0 Å². The first kappa shape index (κ1) is 11.6. The van der Waals surface area contributed by atoms with Crippen molar-refractivity contribution < 1.29 is 5.11 Å². The van der Waals surface area contributed by atoms with Gasteiger partial charge in [0.15, 0.2) is 5.75 Å². The zero-order chi connectivity index (χ0) is 13.2. The van der Waals surface area contributed by atoms with Crippen molar-refractivity contribution in [2.75, 3.05) is 0 Å². The highest BCUT2D eigenvalue weighted by Gasteiger charge is 2.06. The van der Waals surface area contributed by atoms with Gasteiger partial charge < -0.3 is 10.1 Å². The van der Waals surface area contributed by atoms with E-state index in [9.17, 15) is 9.90 Å². The third-order valence-electron chi connectivity index (χ3n) is 2.64. The molecule has 0 aliphatic rings. The molecule has 0 saturated carbocycles. The summed E-state index contributed by atoms with van der Waals surface area (Å²) in [4.78, 5) is 22.1. The number of nitrogens with one attached hydrogen (secondary N) is 1. The van der Waals surface area contributed by atoms with Gasteiger partial charge in [0.25, 0.3) is 5.56 Å². The van der Waals surface area contributed by atoms with E-state index in [2.05, 4.69) is 15.0 Å². The number of hydrogen-bond acceptors (Lipinski definition) is 5. The molecule has 0 radical (unpaired) electrons. The lowest BCUT2D eigenvalue weighted by atomic mass is 10.1. The number of H-pyrrole nitrogens is 1. The molecule has 3 rings (SSSR count). The van der Waals surface area contributed by atoms with Crippen LogP contribution in [0.5, 0.6) is 5.75 Å². The molecule has 1 aromatic carbocycles. The van der Waals surface area contributed by atoms with E-state index in [1.807, 2.05) is 29.6 Å². The van der Waals surface area contributed by atoms with Crippen LogP contribution in [0.3, 0.4) is 0 Å². The van der Waals surface area contributed by atoms with Crippen molar-refractivity contribution in [2.45, 2.75) is 0 Å². The Morgan fingerprint density at radius 1 is 1.21 bits per heavy atom. The molecule has 2 aromatic heterocycles. The molecule has 0 unspecified atom stereocenters. The molecule has 5 nitrogen and oxygen atoms in total. The van der Waals surface area contributed by atoms with E-state index in [-0.39, 0.29) is 5.75 Å². The van der Waals surface area contributed by atoms with Crippen molar-refractivity contribution in [1.29, 1.82) is 0 Å². The van der Waals surface area contributed by atoms with E-state index >= 15 is 0 Å². The van der Waals surface area contributed by atoms with Crippen molar-refractivity contribution in [3.05, 3.63) is 51.7 Å². The van der Waals surface area contributed by atoms with Crippen molar-refractivity contribution in [2.24, 2.45) is 0 Å². The highest BCUT2D eigenvalue weighted by atomic mass is 32.1. The zero-order valence-electron chi connectivity index (χ0n) is 9.70. The van der Waals surface area contributed by atoms with Crippen LogP contribution < -0.4 is 5.56 Å². The summed E-state index contributed by atoms with van der Waals surface area (Å²) in [7, 11) is 0. The number of aromatic hydroxyl groups is 1. The molecule has 0 spiro atoms. The molecular formula is C13H9N3O2S. The van der Waals surface area contributed by atoms with Crippen molar-refractivity contribution >= 4 is 11.3 Å². The maximum Gasteiger partial charge on any atom is 0.293 e. The summed E-state index contributed by atoms with van der Waals surface area (Å²) in [6.45, 7) is 0. The predicted molar refractivity (Wildman–Crippen MR) is 73.1 cm³/mol. The largest absolute Gasteiger partial charge is 0.502 e. The first-order valence-electron chi connectivity index (χ1n) is 5.51. The van der Waals surface area contributed by atoms with Crippen LogP contribution in [0.25, 0.3) is 22.6 Å². The van der Waals surface area contributed by atoms with Crippen LogP contribution in [0.1, 0.15) is 0 Å². The summed E-state index contributed by atoms with van der Waals surface area (Å²) in [6, 6.07) is 7.55. The SMILES string of the molecule is O=c1[nH]c(-c2cccc(-c3cscn3)c2)ncc1O. The summed E-state index contributed by atoms with van der Waals surface area (Å²) in [6.07, 6.45) is 1.14. The maximum atomic E-state index is 11.4. The van der Waals surface area contributed by atoms with Crippen LogP contribution in [-0.4, -0.2) is 20.1 Å². The molecule has 2 N–H and O–H groups in total. The minimum atomic E-state index is -0.552. The molecule has 6 heteroatoms. The molecule has 2 heterocycles. The van der Waals surface area contributed by atoms with Crippen LogP contribution in [0.2, 0.25) is 0 Å². The normalized spacial score (nSPS) is 10.5. The molecule has 3 aromatic rings. The van der Waals surface area contributed by atoms with Crippen molar-refractivity contribution in [3.8, 4) is 28.4 Å². The smallest absolute Gasteiger partial charge is 0.293 e. The minimum absolute atomic E-state index is 0.389. The standard InChI is InChI=1S/C13H9N3O2S/c17-11-5-14-12(16-13(11)18)9-3-1-2-8(4-9)10-6-19-7-15-10/h1-7,17H,(H,14,16,18). The van der Waals surface area contributed by atoms with Gasteiger partial charge >= 0.3 is 0 Å². The molecule has 0 atom stereocenters. The van der Waals surface area contributed by atoms with Crippen LogP contribution in [0.15, 0.2) is 46.1 Å². The minimum Gasteiger partial charge on any atom is -0.502 e. The maximum absolute atomic E-state index is 11.4. The Kier molecular flexibility index (Phi) is 2.85. The lowest BCUT2D eigenvalue weighted by Crippen LogP contribution is -2.07. The van der Waals surface area contributed by atoms with Gasteiger partial charge in [0.1, 0.15) is 5.82 Å². The van der Waals surface area contributed by atoms with Crippen LogP contribution in [0, 0.1) is 0 Å². The Balaban J connectivity index is 2.08. The lowest BCUT2D eigenvalue weighted by molar-refractivity contribution is 0.463. The van der Waals surface area contributed by atoms with Crippen LogP contribution in [0.4, 0.5) is 0 Å². The second-order valence-electron chi connectivity index (χ2n) is 3.90. The Labute approximate surface area is 112 Å². The van der Waals surface area contributed by atoms with E-state index in [0.717, 1.165) is 23.0 Å². The monoisotopic (exact) mass is 271 g/mol. The summed E-state index contributed by atoms with van der Waals surface area (Å²) >= 11 is 1.52. The van der Waals surface area contributed by atoms with E-state index in [0.29, 0.717) is 5.82 Å². The fourth-order valence-electron chi connectivity index (χ4n) is 1.72. The quantitative estimate of drug-likeness (QED) is 0.749. The molecule has 94 valence electrons. The first-order chi connectivity index (χ1) is 9.24. The summed E-state index contributed by atoms with van der Waals surface area (Å²) in [5, 5.41) is 11.1. The van der Waals surface area contributed by atoms with E-state index in [1.54, 1.807) is 5.51 Å². The van der Waals surface area contributed by atoms with Gasteiger partial charge in [-0.25, -0.2) is 9.97 Å². The zero-order valence-corrected chi connectivity index (χ0v) is 10.5. The van der Waals surface area contributed by atoms with Gasteiger partial charge in [0, 0.05) is 16.5 Å². The molecule has 0 aliphatic carbocycles. The Hall–Kier alpha value is -2.47. The highest BCUT2D eigenvalue weighted by Crippen LogP contribution is 2.23. The average molecular weight is 271 g/mol. The predicted octanol–water partition coefficient (Wildman–Crippen LogP) is 2.27. The van der Waals surface area contributed by atoms with Gasteiger partial charge in [0.05, 0.1) is 17.4 Å². The van der Waals surface area contributed by atoms with Crippen LogP contribution >= 0.6 is 11.3 Å². The average Bonchev–Trinajstić information content (AvgIpc) is 2.96. The number of nitrogens with zero attached hydrogens (tertiary/aromatic N) is 2. The van der Waals surface area contributed by atoms with Gasteiger partial charge in [0.2, 0.25) is 0 Å². The molecule has 0 saturated heterocycles. The van der Waals surface area contributed by atoms with Gasteiger partial charge in [-0.15, -0.1) is 11.3 Å². The summed E-state index contributed by atoms with van der Waals surface area (Å²) < 4.78 is 0. The first-order valence-corrected chi connectivity index (χ1v) is 6.45. The third kappa shape index (κ3) is 2.25. The highest BCUT2D eigenvalue weighted by molar-refractivity contribution is 7.07. The lowest BCUT2D eigenvalue weighted by Gasteiger charge is -2.03.